The summed E-state index contributed by atoms with van der Waals surface area (Å²) in [6.45, 7) is 0.146. The van der Waals surface area contributed by atoms with Gasteiger partial charge in [0.2, 0.25) is 0 Å². The number of carbonyl (C=O) groups is 2. The van der Waals surface area contributed by atoms with Gasteiger partial charge in [0.15, 0.2) is 0 Å². The fourth-order valence-electron chi connectivity index (χ4n) is 2.45. The molecule has 1 aliphatic rings. The highest BCUT2D eigenvalue weighted by Gasteiger charge is 2.34. The minimum Gasteiger partial charge on any atom is -0.425 e. The molecule has 0 unspecified atom stereocenters. The van der Waals surface area contributed by atoms with E-state index in [1.165, 1.54) is 24.3 Å². The maximum atomic E-state index is 12.3. The predicted octanol–water partition coefficient (Wildman–Crippen LogP) is 2.22. The van der Waals surface area contributed by atoms with Crippen LogP contribution >= 0.6 is 0 Å². The molecule has 0 N–H and O–H groups in total. The van der Waals surface area contributed by atoms with Gasteiger partial charge in [0.25, 0.3) is 24.0 Å². The predicted molar refractivity (Wildman–Crippen MR) is 96.5 cm³/mol. The zero-order valence-electron chi connectivity index (χ0n) is 15.2. The van der Waals surface area contributed by atoms with Crippen LogP contribution in [0.1, 0.15) is 20.7 Å². The fraction of sp³-hybridized carbons (Fsp3) is 0.222. The van der Waals surface area contributed by atoms with Crippen molar-refractivity contribution in [2.75, 3.05) is 13.2 Å². The highest BCUT2D eigenvalue weighted by molar-refractivity contribution is 5.90. The lowest BCUT2D eigenvalue weighted by Crippen LogP contribution is -2.44. The third kappa shape index (κ3) is 4.92. The topological polar surface area (TPSA) is 157 Å². The minimum atomic E-state index is -1.37. The Morgan fingerprint density at radius 3 is 1.37 bits per heavy atom. The lowest BCUT2D eigenvalue weighted by atomic mass is 10.2. The van der Waals surface area contributed by atoms with Gasteiger partial charge in [0.05, 0.1) is 34.2 Å². The van der Waals surface area contributed by atoms with Gasteiger partial charge in [0, 0.05) is 24.3 Å². The first-order valence-corrected chi connectivity index (χ1v) is 8.49. The van der Waals surface area contributed by atoms with Crippen molar-refractivity contribution in [1.82, 2.24) is 0 Å². The van der Waals surface area contributed by atoms with E-state index in [0.29, 0.717) is 0 Å². The van der Waals surface area contributed by atoms with Crippen LogP contribution < -0.4 is 0 Å². The molecule has 0 spiro atoms. The molecule has 0 aromatic heterocycles. The summed E-state index contributed by atoms with van der Waals surface area (Å²) in [5.74, 6) is -1.73. The van der Waals surface area contributed by atoms with E-state index in [2.05, 4.69) is 0 Å². The molecule has 2 aromatic rings. The number of ether oxygens (including phenoxy) is 4. The van der Waals surface area contributed by atoms with Crippen LogP contribution in [-0.4, -0.2) is 47.6 Å². The molecule has 0 radical (unpaired) electrons. The summed E-state index contributed by atoms with van der Waals surface area (Å²) in [6.07, 6.45) is -2.74. The molecule has 0 amide bonds. The first kappa shape index (κ1) is 20.8. The number of nitro groups is 2. The highest BCUT2D eigenvalue weighted by Crippen LogP contribution is 2.19. The zero-order chi connectivity index (χ0) is 21.7. The van der Waals surface area contributed by atoms with Crippen molar-refractivity contribution < 1.29 is 38.4 Å². The average Bonchev–Trinajstić information content (AvgIpc) is 2.75. The van der Waals surface area contributed by atoms with Gasteiger partial charge in [-0.2, -0.15) is 0 Å². The number of hydrogen-bond acceptors (Lipinski definition) is 10. The number of non-ortho nitro benzene ring substituents is 2. The zero-order valence-corrected chi connectivity index (χ0v) is 15.2. The van der Waals surface area contributed by atoms with Crippen LogP contribution in [0, 0.1) is 20.2 Å². The average molecular weight is 418 g/mol. The Hall–Kier alpha value is -3.90. The molecule has 12 heteroatoms. The maximum absolute atomic E-state index is 12.3. The number of carbonyl (C=O) groups excluding carboxylic acids is 2. The summed E-state index contributed by atoms with van der Waals surface area (Å²) in [5, 5.41) is 21.4. The van der Waals surface area contributed by atoms with Gasteiger partial charge < -0.3 is 18.9 Å². The van der Waals surface area contributed by atoms with E-state index in [0.717, 1.165) is 24.3 Å². The molecule has 1 heterocycles. The van der Waals surface area contributed by atoms with Crippen LogP contribution in [0.15, 0.2) is 48.5 Å². The molecular weight excluding hydrogens is 404 g/mol. The van der Waals surface area contributed by atoms with Gasteiger partial charge in [-0.1, -0.05) is 0 Å². The molecule has 0 aliphatic carbocycles. The SMILES string of the molecule is O=C(O[C@H]1OCCO[C@H]1OC(=O)c1ccc([N+](=O)[O-])cc1)c1ccc([N+](=O)[O-])cc1. The van der Waals surface area contributed by atoms with Gasteiger partial charge in [0.1, 0.15) is 0 Å². The number of hydrogen-bond donors (Lipinski definition) is 0. The van der Waals surface area contributed by atoms with Crippen molar-refractivity contribution >= 4 is 23.3 Å². The first-order valence-electron chi connectivity index (χ1n) is 8.49. The molecule has 0 bridgehead atoms. The largest absolute Gasteiger partial charge is 0.425 e. The number of esters is 2. The van der Waals surface area contributed by atoms with Crippen LogP contribution in [0.3, 0.4) is 0 Å². The van der Waals surface area contributed by atoms with Crippen molar-refractivity contribution in [2.24, 2.45) is 0 Å². The summed E-state index contributed by atoms with van der Waals surface area (Å²) >= 11 is 0. The van der Waals surface area contributed by atoms with Crippen LogP contribution in [0.25, 0.3) is 0 Å². The summed E-state index contributed by atoms with van der Waals surface area (Å²) in [5.41, 5.74) is -0.345. The van der Waals surface area contributed by atoms with E-state index >= 15 is 0 Å². The Kier molecular flexibility index (Phi) is 6.29. The Morgan fingerprint density at radius 1 is 0.733 bits per heavy atom. The fourth-order valence-corrected chi connectivity index (χ4v) is 2.45. The quantitative estimate of drug-likeness (QED) is 0.387. The first-order chi connectivity index (χ1) is 14.3. The molecule has 30 heavy (non-hydrogen) atoms. The Morgan fingerprint density at radius 2 is 1.07 bits per heavy atom. The Labute approximate surface area is 168 Å². The number of rotatable bonds is 6. The molecule has 2 aromatic carbocycles. The van der Waals surface area contributed by atoms with Crippen LogP contribution in [-0.2, 0) is 18.9 Å². The van der Waals surface area contributed by atoms with E-state index in [4.69, 9.17) is 18.9 Å². The monoisotopic (exact) mass is 418 g/mol. The molecule has 1 fully saturated rings. The molecule has 12 nitrogen and oxygen atoms in total. The lowest BCUT2D eigenvalue weighted by Gasteiger charge is -2.30. The molecule has 3 rings (SSSR count). The summed E-state index contributed by atoms with van der Waals surface area (Å²) < 4.78 is 20.9. The van der Waals surface area contributed by atoms with Crippen molar-refractivity contribution in [1.29, 1.82) is 0 Å². The van der Waals surface area contributed by atoms with Crippen molar-refractivity contribution in [3.8, 4) is 0 Å². The lowest BCUT2D eigenvalue weighted by molar-refractivity contribution is -0.385. The standard InChI is InChI=1S/C18H14N2O10/c21-15(11-1-5-13(6-2-11)19(23)24)29-17-18(28-10-9-27-17)30-16(22)12-3-7-14(8-4-12)20(25)26/h1-8,17-18H,9-10H2/t17-,18+. The second kappa shape index (κ2) is 9.07. The maximum Gasteiger partial charge on any atom is 0.340 e. The number of benzene rings is 2. The molecule has 156 valence electrons. The van der Waals surface area contributed by atoms with Crippen molar-refractivity contribution in [3.63, 3.8) is 0 Å². The number of nitrogens with zero attached hydrogens (tertiary/aromatic N) is 2. The van der Waals surface area contributed by atoms with Crippen LogP contribution in [0.4, 0.5) is 11.4 Å². The van der Waals surface area contributed by atoms with Gasteiger partial charge in [-0.05, 0) is 24.3 Å². The van der Waals surface area contributed by atoms with Gasteiger partial charge in [-0.25, -0.2) is 9.59 Å². The van der Waals surface area contributed by atoms with E-state index in [1.54, 1.807) is 0 Å². The molecule has 0 saturated carbocycles. The van der Waals surface area contributed by atoms with Gasteiger partial charge >= 0.3 is 11.9 Å². The van der Waals surface area contributed by atoms with Crippen molar-refractivity contribution in [2.45, 2.75) is 12.6 Å². The minimum absolute atomic E-state index is 0.0234. The van der Waals surface area contributed by atoms with Crippen molar-refractivity contribution in [3.05, 3.63) is 79.9 Å². The second-order valence-electron chi connectivity index (χ2n) is 5.90. The highest BCUT2D eigenvalue weighted by atomic mass is 16.8. The van der Waals surface area contributed by atoms with E-state index in [1.807, 2.05) is 0 Å². The summed E-state index contributed by atoms with van der Waals surface area (Å²) in [7, 11) is 0. The molecule has 1 saturated heterocycles. The summed E-state index contributed by atoms with van der Waals surface area (Å²) in [4.78, 5) is 44.7. The van der Waals surface area contributed by atoms with E-state index < -0.39 is 34.4 Å². The molecule has 2 atom stereocenters. The Bertz CT molecular complexity index is 878. The van der Waals surface area contributed by atoms with Gasteiger partial charge in [-0.15, -0.1) is 0 Å². The number of nitro benzene ring substituents is 2. The Balaban J connectivity index is 1.65. The van der Waals surface area contributed by atoms with E-state index in [9.17, 15) is 29.8 Å². The molecule has 1 aliphatic heterocycles. The van der Waals surface area contributed by atoms with Gasteiger partial charge in [-0.3, -0.25) is 20.2 Å². The van der Waals surface area contributed by atoms with Crippen LogP contribution in [0.5, 0.6) is 0 Å². The third-order valence-electron chi connectivity index (χ3n) is 3.94. The smallest absolute Gasteiger partial charge is 0.340 e. The van der Waals surface area contributed by atoms with E-state index in [-0.39, 0.29) is 35.7 Å². The summed E-state index contributed by atoms with van der Waals surface area (Å²) in [6, 6.07) is 9.40. The molecular formula is C18H14N2O10. The second-order valence-corrected chi connectivity index (χ2v) is 5.90. The van der Waals surface area contributed by atoms with Crippen LogP contribution in [0.2, 0.25) is 0 Å². The third-order valence-corrected chi connectivity index (χ3v) is 3.94. The normalized spacial score (nSPS) is 18.3.